The van der Waals surface area contributed by atoms with E-state index in [1.807, 2.05) is 31.2 Å². The summed E-state index contributed by atoms with van der Waals surface area (Å²) in [6.45, 7) is 4.18. The number of aryl methyl sites for hydroxylation is 1. The van der Waals surface area contributed by atoms with Crippen molar-refractivity contribution >= 4 is 16.8 Å². The Morgan fingerprint density at radius 3 is 2.62 bits per heavy atom. The maximum Gasteiger partial charge on any atom is 0.289 e. The fourth-order valence-corrected chi connectivity index (χ4v) is 5.07. The molecule has 1 amide bonds. The molecule has 39 heavy (non-hydrogen) atoms. The van der Waals surface area contributed by atoms with Crippen LogP contribution in [0.1, 0.15) is 39.1 Å². The van der Waals surface area contributed by atoms with E-state index in [-0.39, 0.29) is 17.3 Å². The number of furan rings is 1. The van der Waals surface area contributed by atoms with E-state index in [4.69, 9.17) is 4.42 Å². The molecule has 1 aliphatic heterocycles. The smallest absolute Gasteiger partial charge is 0.289 e. The van der Waals surface area contributed by atoms with Crippen molar-refractivity contribution < 1.29 is 13.6 Å². The minimum Gasteiger partial charge on any atom is -0.459 e. The predicted molar refractivity (Wildman–Crippen MR) is 141 cm³/mol. The van der Waals surface area contributed by atoms with Gasteiger partial charge in [-0.3, -0.25) is 14.5 Å². The second kappa shape index (κ2) is 10.3. The Morgan fingerprint density at radius 2 is 1.87 bits per heavy atom. The van der Waals surface area contributed by atoms with Crippen LogP contribution in [-0.4, -0.2) is 67.1 Å². The molecule has 1 saturated heterocycles. The zero-order chi connectivity index (χ0) is 26.9. The third-order valence-electron chi connectivity index (χ3n) is 7.07. The first-order chi connectivity index (χ1) is 19.0. The highest BCUT2D eigenvalue weighted by molar-refractivity contribution is 5.91. The number of rotatable bonds is 6. The first-order valence-electron chi connectivity index (χ1n) is 12.7. The van der Waals surface area contributed by atoms with Gasteiger partial charge in [-0.2, -0.15) is 0 Å². The number of aromatic nitrogens is 5. The molecule has 1 aliphatic rings. The van der Waals surface area contributed by atoms with Crippen molar-refractivity contribution in [3.63, 3.8) is 0 Å². The Morgan fingerprint density at radius 1 is 1.08 bits per heavy atom. The summed E-state index contributed by atoms with van der Waals surface area (Å²) < 4.78 is 20.4. The number of hydrogen-bond donors (Lipinski definition) is 1. The number of nitrogens with zero attached hydrogens (tertiary/aromatic N) is 6. The number of H-pyrrole nitrogens is 1. The van der Waals surface area contributed by atoms with Crippen molar-refractivity contribution in [2.45, 2.75) is 19.5 Å². The van der Waals surface area contributed by atoms with Crippen LogP contribution in [0.25, 0.3) is 10.9 Å². The Bertz CT molecular complexity index is 1670. The largest absolute Gasteiger partial charge is 0.459 e. The zero-order valence-electron chi connectivity index (χ0n) is 21.2. The number of piperazine rings is 1. The predicted octanol–water partition coefficient (Wildman–Crippen LogP) is 3.15. The molecule has 1 unspecified atom stereocenters. The molecule has 0 spiro atoms. The quantitative estimate of drug-likeness (QED) is 0.361. The standard InChI is InChI=1S/C28H26FN7O3/c1-18-4-9-23-20(15-18)16-22(27(37)30-23)25(26-31-32-33-36(26)17-19-5-7-21(29)8-6-19)34-10-12-35(13-11-34)28(38)24-3-2-14-39-24/h2-9,14-16,25H,10-13,17H2,1H3,(H,30,37). The van der Waals surface area contributed by atoms with Crippen LogP contribution in [0.3, 0.4) is 0 Å². The molecule has 11 heteroatoms. The molecule has 0 saturated carbocycles. The lowest BCUT2D eigenvalue weighted by Crippen LogP contribution is -2.50. The zero-order valence-corrected chi connectivity index (χ0v) is 21.2. The summed E-state index contributed by atoms with van der Waals surface area (Å²) in [4.78, 5) is 33.2. The van der Waals surface area contributed by atoms with Crippen molar-refractivity contribution in [3.05, 3.63) is 111 Å². The van der Waals surface area contributed by atoms with Crippen molar-refractivity contribution in [1.29, 1.82) is 0 Å². The second-order valence-corrected chi connectivity index (χ2v) is 9.67. The number of carbonyl (C=O) groups excluding carboxylic acids is 1. The molecule has 1 N–H and O–H groups in total. The van der Waals surface area contributed by atoms with Gasteiger partial charge in [0.1, 0.15) is 11.9 Å². The fourth-order valence-electron chi connectivity index (χ4n) is 5.07. The van der Waals surface area contributed by atoms with Gasteiger partial charge in [-0.25, -0.2) is 9.07 Å². The average Bonchev–Trinajstić information content (AvgIpc) is 3.64. The Hall–Kier alpha value is -4.64. The molecule has 1 fully saturated rings. The van der Waals surface area contributed by atoms with E-state index in [0.29, 0.717) is 49.9 Å². The molecular formula is C28H26FN7O3. The number of halogens is 1. The van der Waals surface area contributed by atoms with E-state index >= 15 is 0 Å². The molecule has 5 aromatic rings. The Kier molecular flexibility index (Phi) is 6.49. The molecule has 0 aliphatic carbocycles. The SMILES string of the molecule is Cc1ccc2[nH]c(=O)c(C(c3nnnn3Cc3ccc(F)cc3)N3CCN(C(=O)c4ccco4)CC3)cc2c1. The van der Waals surface area contributed by atoms with Crippen molar-refractivity contribution in [2.75, 3.05) is 26.2 Å². The molecule has 0 radical (unpaired) electrons. The minimum atomic E-state index is -0.574. The van der Waals surface area contributed by atoms with Crippen molar-refractivity contribution in [1.82, 2.24) is 35.0 Å². The molecule has 3 aromatic heterocycles. The number of benzene rings is 2. The minimum absolute atomic E-state index is 0.170. The van der Waals surface area contributed by atoms with E-state index in [1.54, 1.807) is 33.8 Å². The molecule has 2 aromatic carbocycles. The topological polar surface area (TPSA) is 113 Å². The fraction of sp³-hybridized carbons (Fsp3) is 0.250. The van der Waals surface area contributed by atoms with Gasteiger partial charge in [0.25, 0.3) is 11.5 Å². The third kappa shape index (κ3) is 4.96. The summed E-state index contributed by atoms with van der Waals surface area (Å²) in [5, 5.41) is 13.4. The van der Waals surface area contributed by atoms with Crippen LogP contribution in [0.2, 0.25) is 0 Å². The lowest BCUT2D eigenvalue weighted by Gasteiger charge is -2.38. The number of tetrazole rings is 1. The van der Waals surface area contributed by atoms with E-state index in [1.165, 1.54) is 18.4 Å². The highest BCUT2D eigenvalue weighted by atomic mass is 19.1. The highest BCUT2D eigenvalue weighted by Crippen LogP contribution is 2.28. The third-order valence-corrected chi connectivity index (χ3v) is 7.07. The summed E-state index contributed by atoms with van der Waals surface area (Å²) in [7, 11) is 0. The van der Waals surface area contributed by atoms with Crippen molar-refractivity contribution in [3.8, 4) is 0 Å². The molecule has 10 nitrogen and oxygen atoms in total. The number of nitrogens with one attached hydrogen (secondary N) is 1. The van der Waals surface area contributed by atoms with Gasteiger partial charge in [-0.15, -0.1) is 5.10 Å². The van der Waals surface area contributed by atoms with Gasteiger partial charge >= 0.3 is 0 Å². The van der Waals surface area contributed by atoms with Gasteiger partial charge in [0.2, 0.25) is 0 Å². The first-order valence-corrected chi connectivity index (χ1v) is 12.7. The highest BCUT2D eigenvalue weighted by Gasteiger charge is 2.34. The summed E-state index contributed by atoms with van der Waals surface area (Å²) >= 11 is 0. The van der Waals surface area contributed by atoms with Crippen LogP contribution in [0.15, 0.2) is 76.1 Å². The van der Waals surface area contributed by atoms with Crippen LogP contribution in [0.4, 0.5) is 4.39 Å². The summed E-state index contributed by atoms with van der Waals surface area (Å²) in [6.07, 6.45) is 1.48. The monoisotopic (exact) mass is 527 g/mol. The number of fused-ring (bicyclic) bond motifs is 1. The van der Waals surface area contributed by atoms with E-state index < -0.39 is 6.04 Å². The number of pyridine rings is 1. The number of carbonyl (C=O) groups is 1. The van der Waals surface area contributed by atoms with E-state index in [2.05, 4.69) is 25.4 Å². The van der Waals surface area contributed by atoms with E-state index in [9.17, 15) is 14.0 Å². The van der Waals surface area contributed by atoms with Gasteiger partial charge in [0.15, 0.2) is 11.6 Å². The van der Waals surface area contributed by atoms with Gasteiger partial charge < -0.3 is 14.3 Å². The van der Waals surface area contributed by atoms with Gasteiger partial charge in [0.05, 0.1) is 12.8 Å². The average molecular weight is 528 g/mol. The summed E-state index contributed by atoms with van der Waals surface area (Å²) in [5.74, 6) is 0.289. The molecule has 6 rings (SSSR count). The van der Waals surface area contributed by atoms with Crippen LogP contribution in [-0.2, 0) is 6.54 Å². The summed E-state index contributed by atoms with van der Waals surface area (Å²) in [6, 6.07) is 16.7. The number of hydrogen-bond acceptors (Lipinski definition) is 7. The van der Waals surface area contributed by atoms with Gasteiger partial charge in [0, 0.05) is 37.3 Å². The Labute approximate surface area is 222 Å². The number of amides is 1. The number of aromatic amines is 1. The molecule has 4 heterocycles. The molecule has 0 bridgehead atoms. The Balaban J connectivity index is 1.37. The van der Waals surface area contributed by atoms with Gasteiger partial charge in [-0.1, -0.05) is 23.8 Å². The molecular weight excluding hydrogens is 501 g/mol. The lowest BCUT2D eigenvalue weighted by molar-refractivity contribution is 0.0558. The van der Waals surface area contributed by atoms with Crippen LogP contribution >= 0.6 is 0 Å². The second-order valence-electron chi connectivity index (χ2n) is 9.67. The molecule has 1 atom stereocenters. The van der Waals surface area contributed by atoms with Crippen LogP contribution in [0.5, 0.6) is 0 Å². The van der Waals surface area contributed by atoms with Gasteiger partial charge in [-0.05, 0) is 70.8 Å². The molecule has 198 valence electrons. The van der Waals surface area contributed by atoms with Crippen LogP contribution in [0, 0.1) is 12.7 Å². The lowest BCUT2D eigenvalue weighted by atomic mass is 10.0. The normalized spacial score (nSPS) is 15.1. The van der Waals surface area contributed by atoms with E-state index in [0.717, 1.165) is 22.0 Å². The van der Waals surface area contributed by atoms with Crippen LogP contribution < -0.4 is 5.56 Å². The maximum atomic E-state index is 13.5. The maximum absolute atomic E-state index is 13.5. The summed E-state index contributed by atoms with van der Waals surface area (Å²) in [5.41, 5.74) is 2.91. The van der Waals surface area contributed by atoms with Crippen molar-refractivity contribution in [2.24, 2.45) is 0 Å². The first kappa shape index (κ1) is 24.7.